The van der Waals surface area contributed by atoms with Crippen molar-refractivity contribution in [3.8, 4) is 11.8 Å². The number of carbonyl (C=O) groups is 2. The molecule has 2 amide bonds. The van der Waals surface area contributed by atoms with E-state index in [2.05, 4.69) is 21.9 Å². The first-order valence-electron chi connectivity index (χ1n) is 11.1. The monoisotopic (exact) mass is 477 g/mol. The number of fused-ring (bicyclic) bond motifs is 1. The van der Waals surface area contributed by atoms with Crippen LogP contribution in [0.2, 0.25) is 0 Å². The zero-order valence-corrected chi connectivity index (χ0v) is 20.0. The van der Waals surface area contributed by atoms with E-state index in [9.17, 15) is 19.1 Å². The van der Waals surface area contributed by atoms with Gasteiger partial charge in [0.1, 0.15) is 5.60 Å². The molecule has 3 aromatic rings. The van der Waals surface area contributed by atoms with Crippen LogP contribution in [-0.4, -0.2) is 44.5 Å². The number of nitrogens with two attached hydrogens (primary N) is 1. The van der Waals surface area contributed by atoms with Crippen molar-refractivity contribution in [3.63, 3.8) is 0 Å². The Morgan fingerprint density at radius 2 is 1.97 bits per heavy atom. The summed E-state index contributed by atoms with van der Waals surface area (Å²) in [5.41, 5.74) is 8.62. The van der Waals surface area contributed by atoms with Crippen LogP contribution in [0.5, 0.6) is 0 Å². The normalized spacial score (nSPS) is 13.1. The molecule has 3 heterocycles. The number of amides is 2. The molecule has 1 aliphatic heterocycles. The molecule has 3 N–H and O–H groups in total. The van der Waals surface area contributed by atoms with E-state index in [4.69, 9.17) is 5.73 Å². The summed E-state index contributed by atoms with van der Waals surface area (Å²) in [6.07, 6.45) is 7.45. The van der Waals surface area contributed by atoms with Gasteiger partial charge in [-0.1, -0.05) is 24.0 Å². The minimum Gasteiger partial charge on any atom is -0.378 e. The fraction of sp³-hybridized carbons (Fsp3) is 0.308. The van der Waals surface area contributed by atoms with Crippen molar-refractivity contribution >= 4 is 17.6 Å². The largest absolute Gasteiger partial charge is 0.378 e. The minimum atomic E-state index is -1.01. The molecular formula is C26H28FN5O3. The number of nitrogens with zero attached hydrogens (tertiary/aromatic N) is 4. The Labute approximate surface area is 203 Å². The lowest BCUT2D eigenvalue weighted by atomic mass is 10.0. The van der Waals surface area contributed by atoms with Crippen molar-refractivity contribution < 1.29 is 19.1 Å². The van der Waals surface area contributed by atoms with Gasteiger partial charge in [-0.25, -0.2) is 9.78 Å². The third-order valence-corrected chi connectivity index (χ3v) is 5.23. The Bertz CT molecular complexity index is 1270. The maximum Gasteiger partial charge on any atom is 0.339 e. The van der Waals surface area contributed by atoms with E-state index in [1.54, 1.807) is 31.9 Å². The van der Waals surface area contributed by atoms with E-state index in [1.165, 1.54) is 30.2 Å². The Balaban J connectivity index is 0.000000198. The summed E-state index contributed by atoms with van der Waals surface area (Å²) < 4.78 is 13.6. The van der Waals surface area contributed by atoms with Crippen molar-refractivity contribution in [2.24, 2.45) is 5.73 Å². The fourth-order valence-electron chi connectivity index (χ4n) is 3.44. The molecule has 4 rings (SSSR count). The molecule has 0 atom stereocenters. The highest BCUT2D eigenvalue weighted by atomic mass is 19.1. The SMILES string of the molecule is CN1C(=O)CCCc2ccc(C#CC(C)(C)O)cc21.NC(=O)n1cc(Cc2ccc(F)nc2)cn1. The average molecular weight is 478 g/mol. The van der Waals surface area contributed by atoms with E-state index in [0.29, 0.717) is 12.8 Å². The first-order chi connectivity index (χ1) is 16.5. The van der Waals surface area contributed by atoms with Gasteiger partial charge in [0.05, 0.1) is 6.20 Å². The number of aliphatic hydroxyl groups is 1. The molecule has 182 valence electrons. The first kappa shape index (κ1) is 25.6. The van der Waals surface area contributed by atoms with Crippen LogP contribution in [0.15, 0.2) is 48.9 Å². The number of carbonyl (C=O) groups excluding carboxylic acids is 2. The van der Waals surface area contributed by atoms with E-state index in [1.807, 2.05) is 18.2 Å². The molecule has 9 heteroatoms. The Morgan fingerprint density at radius 1 is 1.20 bits per heavy atom. The number of hydrogen-bond acceptors (Lipinski definition) is 5. The molecule has 1 aliphatic rings. The summed E-state index contributed by atoms with van der Waals surface area (Å²) in [6, 6.07) is 8.18. The van der Waals surface area contributed by atoms with Crippen LogP contribution in [0, 0.1) is 17.8 Å². The van der Waals surface area contributed by atoms with Gasteiger partial charge in [0.25, 0.3) is 0 Å². The molecule has 35 heavy (non-hydrogen) atoms. The van der Waals surface area contributed by atoms with E-state index < -0.39 is 17.6 Å². The number of benzene rings is 1. The van der Waals surface area contributed by atoms with Gasteiger partial charge in [0.15, 0.2) is 0 Å². The Kier molecular flexibility index (Phi) is 7.99. The predicted octanol–water partition coefficient (Wildman–Crippen LogP) is 3.04. The van der Waals surface area contributed by atoms with Crippen molar-refractivity contribution in [1.29, 1.82) is 0 Å². The smallest absolute Gasteiger partial charge is 0.339 e. The molecule has 0 spiro atoms. The van der Waals surface area contributed by atoms with Crippen molar-refractivity contribution in [2.75, 3.05) is 11.9 Å². The summed E-state index contributed by atoms with van der Waals surface area (Å²) in [4.78, 5) is 27.9. The van der Waals surface area contributed by atoms with Crippen LogP contribution in [0.1, 0.15) is 48.9 Å². The highest BCUT2D eigenvalue weighted by Gasteiger charge is 2.18. The lowest BCUT2D eigenvalue weighted by Gasteiger charge is -2.17. The van der Waals surface area contributed by atoms with Crippen LogP contribution in [0.4, 0.5) is 14.9 Å². The number of halogens is 1. The maximum absolute atomic E-state index is 12.5. The number of primary amides is 1. The van der Waals surface area contributed by atoms with Crippen LogP contribution < -0.4 is 10.6 Å². The summed E-state index contributed by atoms with van der Waals surface area (Å²) in [6.45, 7) is 3.30. The number of rotatable bonds is 2. The van der Waals surface area contributed by atoms with Gasteiger partial charge in [-0.3, -0.25) is 4.79 Å². The molecular weight excluding hydrogens is 449 g/mol. The van der Waals surface area contributed by atoms with E-state index in [0.717, 1.165) is 39.9 Å². The summed E-state index contributed by atoms with van der Waals surface area (Å²) in [7, 11) is 1.81. The van der Waals surface area contributed by atoms with Crippen LogP contribution in [-0.2, 0) is 17.6 Å². The molecule has 0 aliphatic carbocycles. The van der Waals surface area contributed by atoms with Gasteiger partial charge in [-0.05, 0) is 61.6 Å². The van der Waals surface area contributed by atoms with Gasteiger partial charge in [0.2, 0.25) is 11.9 Å². The molecule has 0 unspecified atom stereocenters. The molecule has 0 radical (unpaired) electrons. The predicted molar refractivity (Wildman–Crippen MR) is 130 cm³/mol. The fourth-order valence-corrected chi connectivity index (χ4v) is 3.44. The molecule has 8 nitrogen and oxygen atoms in total. The second-order valence-corrected chi connectivity index (χ2v) is 8.76. The van der Waals surface area contributed by atoms with Gasteiger partial charge in [-0.2, -0.15) is 14.2 Å². The zero-order chi connectivity index (χ0) is 25.6. The number of pyridine rings is 1. The average Bonchev–Trinajstić information content (AvgIpc) is 3.23. The van der Waals surface area contributed by atoms with Crippen molar-refractivity contribution in [2.45, 2.75) is 45.1 Å². The Hall–Kier alpha value is -4.03. The standard InChI is InChI=1S/C16H19NO2.C10H9FN4O/c1-16(2,19)10-9-12-7-8-13-5-4-6-15(18)17(3)14(13)11-12;11-9-2-1-7(4-13-9)3-8-5-14-15(6-8)10(12)16/h7-8,11,19H,4-6H2,1-3H3;1-2,4-6H,3H2,(H2,12,16). The highest BCUT2D eigenvalue weighted by Crippen LogP contribution is 2.27. The van der Waals surface area contributed by atoms with E-state index >= 15 is 0 Å². The first-order valence-corrected chi connectivity index (χ1v) is 11.1. The number of aryl methyl sites for hydroxylation is 1. The second-order valence-electron chi connectivity index (χ2n) is 8.76. The van der Waals surface area contributed by atoms with Crippen molar-refractivity contribution in [1.82, 2.24) is 14.8 Å². The zero-order valence-electron chi connectivity index (χ0n) is 20.0. The van der Waals surface area contributed by atoms with Crippen LogP contribution in [0.25, 0.3) is 0 Å². The van der Waals surface area contributed by atoms with Gasteiger partial charge >= 0.3 is 6.03 Å². The number of aromatic nitrogens is 3. The van der Waals surface area contributed by atoms with Crippen LogP contribution >= 0.6 is 0 Å². The lowest BCUT2D eigenvalue weighted by molar-refractivity contribution is -0.118. The van der Waals surface area contributed by atoms with Crippen molar-refractivity contribution in [3.05, 3.63) is 77.1 Å². The van der Waals surface area contributed by atoms with Crippen LogP contribution in [0.3, 0.4) is 0 Å². The molecule has 0 fully saturated rings. The van der Waals surface area contributed by atoms with Gasteiger partial charge in [-0.15, -0.1) is 0 Å². The third-order valence-electron chi connectivity index (χ3n) is 5.23. The van der Waals surface area contributed by atoms with E-state index in [-0.39, 0.29) is 5.91 Å². The summed E-state index contributed by atoms with van der Waals surface area (Å²) >= 11 is 0. The third kappa shape index (κ3) is 7.48. The second kappa shape index (κ2) is 10.9. The van der Waals surface area contributed by atoms with Gasteiger partial charge < -0.3 is 15.7 Å². The highest BCUT2D eigenvalue weighted by molar-refractivity contribution is 5.94. The quantitative estimate of drug-likeness (QED) is 0.435. The molecule has 0 saturated carbocycles. The van der Waals surface area contributed by atoms with Gasteiger partial charge in [0, 0.05) is 43.5 Å². The minimum absolute atomic E-state index is 0.145. The molecule has 0 bridgehead atoms. The number of hydrogen-bond donors (Lipinski definition) is 2. The number of anilines is 1. The Morgan fingerprint density at radius 3 is 2.60 bits per heavy atom. The topological polar surface area (TPSA) is 114 Å². The molecule has 2 aromatic heterocycles. The summed E-state index contributed by atoms with van der Waals surface area (Å²) in [5.74, 6) is 5.37. The maximum atomic E-state index is 12.5. The molecule has 1 aromatic carbocycles. The lowest BCUT2D eigenvalue weighted by Crippen LogP contribution is -2.25. The summed E-state index contributed by atoms with van der Waals surface area (Å²) in [5, 5.41) is 13.4. The molecule has 0 saturated heterocycles.